The van der Waals surface area contributed by atoms with Crippen LogP contribution >= 0.6 is 0 Å². The summed E-state index contributed by atoms with van der Waals surface area (Å²) < 4.78 is 56.9. The molecule has 4 rings (SSSR count). The monoisotopic (exact) mass is 514 g/mol. The molecule has 0 saturated carbocycles. The molecular weight excluding hydrogens is 484 g/mol. The number of benzene rings is 2. The maximum atomic E-state index is 13.9. The number of aliphatic imine (C=N–C) groups is 1. The molecule has 1 aliphatic rings. The van der Waals surface area contributed by atoms with E-state index < -0.39 is 11.7 Å². The molecule has 1 fully saturated rings. The molecule has 1 saturated heterocycles. The average molecular weight is 515 g/mol. The number of nitrogen functional groups attached to an aromatic ring is 1. The van der Waals surface area contributed by atoms with E-state index in [4.69, 9.17) is 5.73 Å². The van der Waals surface area contributed by atoms with Crippen LogP contribution in [0.4, 0.5) is 23.4 Å². The van der Waals surface area contributed by atoms with Gasteiger partial charge in [0, 0.05) is 24.2 Å². The number of nitrogens with zero attached hydrogens (tertiary/aromatic N) is 3. The number of halogens is 4. The fourth-order valence-corrected chi connectivity index (χ4v) is 4.44. The van der Waals surface area contributed by atoms with Crippen molar-refractivity contribution in [2.24, 2.45) is 10.9 Å². The molecule has 1 aromatic heterocycles. The first-order valence-corrected chi connectivity index (χ1v) is 12.2. The smallest absolute Gasteiger partial charge is 0.383 e. The van der Waals surface area contributed by atoms with Crippen LogP contribution in [0.15, 0.2) is 65.9 Å². The summed E-state index contributed by atoms with van der Waals surface area (Å²) in [7, 11) is 0. The number of piperidine rings is 1. The molecule has 0 aliphatic carbocycles. The third-order valence-corrected chi connectivity index (χ3v) is 6.51. The molecular formula is C27H30F4N6. The van der Waals surface area contributed by atoms with Crippen molar-refractivity contribution in [3.8, 4) is 11.4 Å². The van der Waals surface area contributed by atoms with Gasteiger partial charge in [0.05, 0.1) is 11.8 Å². The van der Waals surface area contributed by atoms with E-state index in [-0.39, 0.29) is 41.1 Å². The molecule has 2 aromatic carbocycles. The molecule has 0 unspecified atom stereocenters. The van der Waals surface area contributed by atoms with Crippen molar-refractivity contribution >= 4 is 12.0 Å². The zero-order chi connectivity index (χ0) is 26.4. The number of aromatic nitrogens is 2. The van der Waals surface area contributed by atoms with Gasteiger partial charge in [-0.05, 0) is 50.4 Å². The summed E-state index contributed by atoms with van der Waals surface area (Å²) in [5.74, 6) is 0.714. The molecule has 1 aliphatic heterocycles. The Hall–Kier alpha value is -3.66. The summed E-state index contributed by atoms with van der Waals surface area (Å²) in [6, 6.07) is 11.7. The first kappa shape index (κ1) is 26.4. The number of imidazole rings is 1. The second-order valence-corrected chi connectivity index (χ2v) is 9.03. The molecule has 0 bridgehead atoms. The molecule has 10 heteroatoms. The molecule has 2 heterocycles. The van der Waals surface area contributed by atoms with Gasteiger partial charge in [-0.1, -0.05) is 43.0 Å². The molecule has 196 valence electrons. The van der Waals surface area contributed by atoms with Crippen LogP contribution in [-0.4, -0.2) is 28.9 Å². The van der Waals surface area contributed by atoms with Gasteiger partial charge in [0.15, 0.2) is 0 Å². The van der Waals surface area contributed by atoms with Gasteiger partial charge in [-0.25, -0.2) is 14.4 Å². The first-order valence-electron chi connectivity index (χ1n) is 12.2. The van der Waals surface area contributed by atoms with Gasteiger partial charge in [-0.3, -0.25) is 0 Å². The highest BCUT2D eigenvalue weighted by molar-refractivity contribution is 5.86. The average Bonchev–Trinajstić information content (AvgIpc) is 3.20. The van der Waals surface area contributed by atoms with Gasteiger partial charge in [-0.2, -0.15) is 13.2 Å². The van der Waals surface area contributed by atoms with E-state index >= 15 is 0 Å². The molecule has 0 radical (unpaired) electrons. The van der Waals surface area contributed by atoms with Crippen molar-refractivity contribution in [2.45, 2.75) is 38.5 Å². The van der Waals surface area contributed by atoms with Crippen molar-refractivity contribution in [1.29, 1.82) is 0 Å². The maximum Gasteiger partial charge on any atom is 0.417 e. The first-order chi connectivity index (χ1) is 17.7. The van der Waals surface area contributed by atoms with E-state index in [9.17, 15) is 17.6 Å². The quantitative estimate of drug-likeness (QED) is 0.265. The third kappa shape index (κ3) is 6.56. The predicted octanol–water partition coefficient (Wildman–Crippen LogP) is 5.36. The Kier molecular flexibility index (Phi) is 8.27. The molecule has 4 N–H and O–H groups in total. The summed E-state index contributed by atoms with van der Waals surface area (Å²) in [6.07, 6.45) is -0.393. The van der Waals surface area contributed by atoms with Crippen LogP contribution in [0, 0.1) is 11.7 Å². The van der Waals surface area contributed by atoms with Crippen molar-refractivity contribution in [2.75, 3.05) is 18.8 Å². The number of nitrogens with one attached hydrogen (secondary N) is 2. The van der Waals surface area contributed by atoms with Crippen molar-refractivity contribution in [1.82, 2.24) is 20.2 Å². The number of nitrogens with two attached hydrogens (primary N) is 1. The molecule has 37 heavy (non-hydrogen) atoms. The van der Waals surface area contributed by atoms with Crippen LogP contribution in [0.1, 0.15) is 36.1 Å². The second-order valence-electron chi connectivity index (χ2n) is 9.03. The minimum absolute atomic E-state index is 0.0387. The van der Waals surface area contributed by atoms with Crippen LogP contribution in [0.2, 0.25) is 0 Å². The standard InChI is InChI=1S/C27H30F4N6/c1-18(34-16-20-6-2-5-9-23(20)28)35-17-24-25(32)37(15-12-19-10-13-33-14-11-19)26(36-24)21-7-3-4-8-22(21)27(29,30)31/h2-9,17,19,33-34H,1,10-16,32H2. The third-order valence-electron chi connectivity index (χ3n) is 6.51. The molecule has 0 amide bonds. The summed E-state index contributed by atoms with van der Waals surface area (Å²) in [5, 5.41) is 6.24. The van der Waals surface area contributed by atoms with Gasteiger partial charge in [0.1, 0.15) is 29.0 Å². The zero-order valence-electron chi connectivity index (χ0n) is 20.4. The van der Waals surface area contributed by atoms with Crippen molar-refractivity contribution < 1.29 is 17.6 Å². The van der Waals surface area contributed by atoms with E-state index in [0.717, 1.165) is 38.4 Å². The normalized spacial score (nSPS) is 14.8. The highest BCUT2D eigenvalue weighted by atomic mass is 19.4. The van der Waals surface area contributed by atoms with Crippen LogP contribution < -0.4 is 16.4 Å². The Labute approximate surface area is 213 Å². The zero-order valence-corrected chi connectivity index (χ0v) is 20.4. The van der Waals surface area contributed by atoms with E-state index in [1.807, 2.05) is 0 Å². The van der Waals surface area contributed by atoms with E-state index in [0.29, 0.717) is 18.0 Å². The minimum atomic E-state index is -4.55. The molecule has 6 nitrogen and oxygen atoms in total. The highest BCUT2D eigenvalue weighted by Crippen LogP contribution is 2.37. The van der Waals surface area contributed by atoms with E-state index in [1.165, 1.54) is 24.4 Å². The lowest BCUT2D eigenvalue weighted by Crippen LogP contribution is -2.28. The SMILES string of the molecule is C=C(N=Cc1nc(-c2ccccc2C(F)(F)F)n(CCC2CCNCC2)c1N)NCc1ccccc1F. The van der Waals surface area contributed by atoms with Crippen molar-refractivity contribution in [3.63, 3.8) is 0 Å². The number of hydrogen-bond donors (Lipinski definition) is 3. The van der Waals surface area contributed by atoms with Gasteiger partial charge >= 0.3 is 6.18 Å². The predicted molar refractivity (Wildman–Crippen MR) is 137 cm³/mol. The Morgan fingerprint density at radius 3 is 2.59 bits per heavy atom. The molecule has 3 aromatic rings. The Balaban J connectivity index is 1.60. The maximum absolute atomic E-state index is 13.9. The van der Waals surface area contributed by atoms with Gasteiger partial charge in [0.2, 0.25) is 0 Å². The molecule has 0 atom stereocenters. The largest absolute Gasteiger partial charge is 0.417 e. The number of alkyl halides is 3. The fourth-order valence-electron chi connectivity index (χ4n) is 4.44. The number of anilines is 1. The van der Waals surface area contributed by atoms with Crippen molar-refractivity contribution in [3.05, 3.63) is 83.6 Å². The Morgan fingerprint density at radius 2 is 1.86 bits per heavy atom. The van der Waals surface area contributed by atoms with Crippen LogP contribution in [0.25, 0.3) is 11.4 Å². The second kappa shape index (κ2) is 11.6. The highest BCUT2D eigenvalue weighted by Gasteiger charge is 2.35. The lowest BCUT2D eigenvalue weighted by molar-refractivity contribution is -0.137. The summed E-state index contributed by atoms with van der Waals surface area (Å²) >= 11 is 0. The molecule has 0 spiro atoms. The van der Waals surface area contributed by atoms with Gasteiger partial charge < -0.3 is 20.9 Å². The van der Waals surface area contributed by atoms with E-state index in [1.54, 1.807) is 28.8 Å². The lowest BCUT2D eigenvalue weighted by Gasteiger charge is -2.23. The van der Waals surface area contributed by atoms with Crippen LogP contribution in [0.3, 0.4) is 0 Å². The van der Waals surface area contributed by atoms with Crippen LogP contribution in [0.5, 0.6) is 0 Å². The fraction of sp³-hybridized carbons (Fsp3) is 0.333. The topological polar surface area (TPSA) is 80.3 Å². The minimum Gasteiger partial charge on any atom is -0.383 e. The summed E-state index contributed by atoms with van der Waals surface area (Å²) in [5.41, 5.74) is 6.28. The summed E-state index contributed by atoms with van der Waals surface area (Å²) in [6.45, 7) is 6.27. The van der Waals surface area contributed by atoms with Gasteiger partial charge in [0.25, 0.3) is 0 Å². The number of rotatable bonds is 9. The number of hydrogen-bond acceptors (Lipinski definition) is 5. The van der Waals surface area contributed by atoms with E-state index in [2.05, 4.69) is 27.2 Å². The van der Waals surface area contributed by atoms with Gasteiger partial charge in [-0.15, -0.1) is 0 Å². The Morgan fingerprint density at radius 1 is 1.16 bits per heavy atom. The lowest BCUT2D eigenvalue weighted by atomic mass is 9.94. The van der Waals surface area contributed by atoms with Crippen LogP contribution in [-0.2, 0) is 19.3 Å². The summed E-state index contributed by atoms with van der Waals surface area (Å²) in [4.78, 5) is 8.70. The Bertz CT molecular complexity index is 1260.